The molecule has 2 aromatic rings. The van der Waals surface area contributed by atoms with E-state index in [0.717, 1.165) is 35.8 Å². The van der Waals surface area contributed by atoms with Gasteiger partial charge in [0, 0.05) is 30.0 Å². The summed E-state index contributed by atoms with van der Waals surface area (Å²) in [5, 5.41) is 7.14. The maximum atomic E-state index is 12.8. The van der Waals surface area contributed by atoms with E-state index in [0.29, 0.717) is 18.0 Å². The summed E-state index contributed by atoms with van der Waals surface area (Å²) in [6.45, 7) is 4.36. The quantitative estimate of drug-likeness (QED) is 0.812. The molecule has 1 unspecified atom stereocenters. The van der Waals surface area contributed by atoms with E-state index in [1.807, 2.05) is 34.5 Å². The standard InChI is InChI=1S/C17H20ClN3OS.2ClH/c1-2-16-20-14(11-23-16)9-17(22)21-7-6-19-10-15(21)12-4-3-5-13(18)8-12;;/h3-5,8,11,15,19H,2,6-7,9-10H2,1H3;2*1H. The number of hydrogen-bond acceptors (Lipinski definition) is 4. The van der Waals surface area contributed by atoms with Gasteiger partial charge in [-0.1, -0.05) is 30.7 Å². The molecule has 4 nitrogen and oxygen atoms in total. The van der Waals surface area contributed by atoms with Crippen molar-refractivity contribution in [3.8, 4) is 0 Å². The van der Waals surface area contributed by atoms with Crippen LogP contribution in [0, 0.1) is 0 Å². The Labute approximate surface area is 169 Å². The van der Waals surface area contributed by atoms with Crippen LogP contribution in [0.15, 0.2) is 29.6 Å². The van der Waals surface area contributed by atoms with Gasteiger partial charge in [-0.2, -0.15) is 0 Å². The fourth-order valence-electron chi connectivity index (χ4n) is 2.86. The number of nitrogens with one attached hydrogen (secondary N) is 1. The van der Waals surface area contributed by atoms with Gasteiger partial charge in [-0.25, -0.2) is 4.98 Å². The third kappa shape index (κ3) is 5.56. The van der Waals surface area contributed by atoms with E-state index in [1.54, 1.807) is 11.3 Å². The van der Waals surface area contributed by atoms with Crippen LogP contribution in [0.2, 0.25) is 5.02 Å². The number of thiazole rings is 1. The van der Waals surface area contributed by atoms with Gasteiger partial charge in [-0.15, -0.1) is 36.2 Å². The van der Waals surface area contributed by atoms with Crippen LogP contribution in [0.5, 0.6) is 0 Å². The Hall–Kier alpha value is -0.850. The zero-order chi connectivity index (χ0) is 16.2. The first-order chi connectivity index (χ1) is 11.2. The molecule has 25 heavy (non-hydrogen) atoms. The third-order valence-corrected chi connectivity index (χ3v) is 5.31. The minimum atomic E-state index is 0. The van der Waals surface area contributed by atoms with Crippen molar-refractivity contribution in [2.45, 2.75) is 25.8 Å². The van der Waals surface area contributed by atoms with Crippen molar-refractivity contribution in [1.82, 2.24) is 15.2 Å². The van der Waals surface area contributed by atoms with Gasteiger partial charge in [0.25, 0.3) is 0 Å². The number of carbonyl (C=O) groups excluding carboxylic acids is 1. The molecule has 1 aromatic heterocycles. The summed E-state index contributed by atoms with van der Waals surface area (Å²) in [5.74, 6) is 0.129. The van der Waals surface area contributed by atoms with Crippen LogP contribution in [0.25, 0.3) is 0 Å². The Morgan fingerprint density at radius 2 is 2.24 bits per heavy atom. The maximum Gasteiger partial charge on any atom is 0.229 e. The minimum absolute atomic E-state index is 0. The van der Waals surface area contributed by atoms with Gasteiger partial charge in [0.2, 0.25) is 5.91 Å². The van der Waals surface area contributed by atoms with Crippen molar-refractivity contribution in [2.24, 2.45) is 0 Å². The Balaban J connectivity index is 0.00000156. The molecule has 0 bridgehead atoms. The number of benzene rings is 1. The van der Waals surface area contributed by atoms with E-state index in [4.69, 9.17) is 11.6 Å². The van der Waals surface area contributed by atoms with Gasteiger partial charge in [0.05, 0.1) is 23.2 Å². The molecular weight excluding hydrogens is 401 g/mol. The lowest BCUT2D eigenvalue weighted by Crippen LogP contribution is -2.49. The molecule has 0 spiro atoms. The van der Waals surface area contributed by atoms with Crippen LogP contribution in [0.3, 0.4) is 0 Å². The fraction of sp³-hybridized carbons (Fsp3) is 0.412. The van der Waals surface area contributed by atoms with Crippen LogP contribution in [0.4, 0.5) is 0 Å². The molecule has 1 fully saturated rings. The van der Waals surface area contributed by atoms with Crippen molar-refractivity contribution < 1.29 is 4.79 Å². The minimum Gasteiger partial charge on any atom is -0.333 e. The molecule has 1 aliphatic heterocycles. The maximum absolute atomic E-state index is 12.8. The molecule has 2 heterocycles. The SMILES string of the molecule is CCc1nc(CC(=O)N2CCNCC2c2cccc(Cl)c2)cs1.Cl.Cl. The summed E-state index contributed by atoms with van der Waals surface area (Å²) in [6.07, 6.45) is 1.28. The first-order valence-corrected chi connectivity index (χ1v) is 9.12. The highest BCUT2D eigenvalue weighted by atomic mass is 35.5. The number of aryl methyl sites for hydroxylation is 1. The van der Waals surface area contributed by atoms with E-state index in [9.17, 15) is 4.79 Å². The largest absolute Gasteiger partial charge is 0.333 e. The molecule has 3 rings (SSSR count). The number of amides is 1. The molecule has 8 heteroatoms. The van der Waals surface area contributed by atoms with Crippen molar-refractivity contribution in [2.75, 3.05) is 19.6 Å². The number of aromatic nitrogens is 1. The van der Waals surface area contributed by atoms with Crippen LogP contribution in [-0.2, 0) is 17.6 Å². The zero-order valence-corrected chi connectivity index (χ0v) is 17.1. The van der Waals surface area contributed by atoms with E-state index in [1.165, 1.54) is 0 Å². The second-order valence-corrected chi connectivity index (χ2v) is 7.00. The number of carbonyl (C=O) groups is 1. The molecule has 1 aromatic carbocycles. The van der Waals surface area contributed by atoms with Crippen LogP contribution in [0.1, 0.15) is 29.2 Å². The van der Waals surface area contributed by atoms with Crippen molar-refractivity contribution in [1.29, 1.82) is 0 Å². The lowest BCUT2D eigenvalue weighted by molar-refractivity contribution is -0.133. The van der Waals surface area contributed by atoms with E-state index in [-0.39, 0.29) is 36.8 Å². The monoisotopic (exact) mass is 421 g/mol. The van der Waals surface area contributed by atoms with E-state index < -0.39 is 0 Å². The fourth-order valence-corrected chi connectivity index (χ4v) is 3.81. The van der Waals surface area contributed by atoms with Crippen molar-refractivity contribution in [3.63, 3.8) is 0 Å². The van der Waals surface area contributed by atoms with E-state index in [2.05, 4.69) is 17.2 Å². The Bertz CT molecular complexity index is 695. The van der Waals surface area contributed by atoms with Crippen LogP contribution < -0.4 is 5.32 Å². The van der Waals surface area contributed by atoms with Gasteiger partial charge in [0.1, 0.15) is 0 Å². The second kappa shape index (κ2) is 10.3. The molecule has 1 atom stereocenters. The summed E-state index contributed by atoms with van der Waals surface area (Å²) in [7, 11) is 0. The predicted molar refractivity (Wildman–Crippen MR) is 108 cm³/mol. The van der Waals surface area contributed by atoms with Crippen LogP contribution >= 0.6 is 47.8 Å². The normalized spacial score (nSPS) is 16.7. The molecule has 1 amide bonds. The van der Waals surface area contributed by atoms with Gasteiger partial charge in [-0.05, 0) is 24.1 Å². The number of rotatable bonds is 4. The van der Waals surface area contributed by atoms with Gasteiger partial charge < -0.3 is 10.2 Å². The van der Waals surface area contributed by atoms with Crippen LogP contribution in [-0.4, -0.2) is 35.4 Å². The molecule has 138 valence electrons. The number of piperazine rings is 1. The first kappa shape index (κ1) is 22.2. The summed E-state index contributed by atoms with van der Waals surface area (Å²) in [5.41, 5.74) is 1.95. The van der Waals surface area contributed by atoms with Gasteiger partial charge >= 0.3 is 0 Å². The zero-order valence-electron chi connectivity index (χ0n) is 13.9. The van der Waals surface area contributed by atoms with Gasteiger partial charge in [0.15, 0.2) is 0 Å². The lowest BCUT2D eigenvalue weighted by Gasteiger charge is -2.36. The number of hydrogen-bond donors (Lipinski definition) is 1. The van der Waals surface area contributed by atoms with Crippen molar-refractivity contribution in [3.05, 3.63) is 50.9 Å². The summed E-state index contributed by atoms with van der Waals surface area (Å²) in [6, 6.07) is 7.79. The van der Waals surface area contributed by atoms with E-state index >= 15 is 0 Å². The molecule has 1 aliphatic rings. The first-order valence-electron chi connectivity index (χ1n) is 7.86. The average Bonchev–Trinajstić information content (AvgIpc) is 3.02. The predicted octanol–water partition coefficient (Wildman–Crippen LogP) is 3.92. The highest BCUT2D eigenvalue weighted by molar-refractivity contribution is 7.09. The Morgan fingerprint density at radius 1 is 1.44 bits per heavy atom. The smallest absolute Gasteiger partial charge is 0.229 e. The Morgan fingerprint density at radius 3 is 2.92 bits per heavy atom. The summed E-state index contributed by atoms with van der Waals surface area (Å²) < 4.78 is 0. The Kier molecular flexibility index (Phi) is 9.17. The third-order valence-electron chi connectivity index (χ3n) is 4.03. The molecule has 0 radical (unpaired) electrons. The number of halogens is 3. The highest BCUT2D eigenvalue weighted by Gasteiger charge is 2.28. The van der Waals surface area contributed by atoms with Crippen molar-refractivity contribution >= 4 is 53.7 Å². The summed E-state index contributed by atoms with van der Waals surface area (Å²) in [4.78, 5) is 19.2. The molecular formula is C17H22Cl3N3OS. The summed E-state index contributed by atoms with van der Waals surface area (Å²) >= 11 is 7.73. The topological polar surface area (TPSA) is 45.2 Å². The van der Waals surface area contributed by atoms with Gasteiger partial charge in [-0.3, -0.25) is 4.79 Å². The highest BCUT2D eigenvalue weighted by Crippen LogP contribution is 2.25. The number of nitrogens with zero attached hydrogens (tertiary/aromatic N) is 2. The lowest BCUT2D eigenvalue weighted by atomic mass is 10.0. The molecule has 0 aliphatic carbocycles. The molecule has 1 saturated heterocycles. The molecule has 1 N–H and O–H groups in total. The molecule has 0 saturated carbocycles. The second-order valence-electron chi connectivity index (χ2n) is 5.62. The average molecular weight is 423 g/mol.